The third kappa shape index (κ3) is 7.18. The smallest absolute Gasteiger partial charge is 0.0620 e. The molecule has 1 aromatic carbocycles. The highest BCUT2D eigenvalue weighted by atomic mass is 36.0. The van der Waals surface area contributed by atoms with Gasteiger partial charge in [-0.05, 0) is 25.0 Å². The fourth-order valence-corrected chi connectivity index (χ4v) is 0.663. The number of benzene rings is 1. The highest BCUT2D eigenvalue weighted by Crippen LogP contribution is 2.51. The highest BCUT2D eigenvalue weighted by Gasteiger charge is 1.83. The van der Waals surface area contributed by atoms with Crippen LogP contribution in [0.1, 0.15) is 11.1 Å². The van der Waals surface area contributed by atoms with Crippen LogP contribution in [0, 0.1) is 13.8 Å². The van der Waals surface area contributed by atoms with Gasteiger partial charge < -0.3 is 0 Å². The van der Waals surface area contributed by atoms with Crippen LogP contribution in [0.15, 0.2) is 24.3 Å². The number of rotatable bonds is 0. The van der Waals surface area contributed by atoms with E-state index in [0.29, 0.717) is 0 Å². The molecule has 68 valence electrons. The fourth-order valence-electron chi connectivity index (χ4n) is 0.663. The molecule has 0 aromatic heterocycles. The summed E-state index contributed by atoms with van der Waals surface area (Å²) in [7, 11) is 0. The average molecular weight is 244 g/mol. The first-order valence-electron chi connectivity index (χ1n) is 3.33. The minimum Gasteiger partial charge on any atom is -0.0620 e. The van der Waals surface area contributed by atoms with Gasteiger partial charge in [0.25, 0.3) is 0 Å². The first-order valence-corrected chi connectivity index (χ1v) is 7.39. The van der Waals surface area contributed by atoms with Crippen molar-refractivity contribution < 1.29 is 0 Å². The summed E-state index contributed by atoms with van der Waals surface area (Å²) < 4.78 is 0. The summed E-state index contributed by atoms with van der Waals surface area (Å²) in [4.78, 5) is 0. The van der Waals surface area contributed by atoms with Gasteiger partial charge in [0.05, 0.1) is 0 Å². The third-order valence-electron chi connectivity index (χ3n) is 1.43. The standard InChI is InChI=1S/C8H10.Cl3P/c1-7-5-3-4-6-8(7)2;1-4(2)3/h3-6H,1-2H3;. The Kier molecular flexibility index (Phi) is 7.28. The van der Waals surface area contributed by atoms with Crippen LogP contribution in [0.5, 0.6) is 0 Å². The predicted molar refractivity (Wildman–Crippen MR) is 60.4 cm³/mol. The second-order valence-corrected chi connectivity index (χ2v) is 7.26. The van der Waals surface area contributed by atoms with E-state index in [0.717, 1.165) is 0 Å². The summed E-state index contributed by atoms with van der Waals surface area (Å²) in [5.41, 5.74) is 2.74. The molecular formula is C8H10Cl3P. The Hall–Kier alpha value is 0.520. The molecule has 0 saturated carbocycles. The van der Waals surface area contributed by atoms with E-state index in [9.17, 15) is 0 Å². The molecule has 0 amide bonds. The van der Waals surface area contributed by atoms with Crippen LogP contribution >= 0.6 is 39.7 Å². The van der Waals surface area contributed by atoms with Crippen molar-refractivity contribution in [3.8, 4) is 0 Å². The molecule has 0 fully saturated rings. The minimum absolute atomic E-state index is 1.20. The van der Waals surface area contributed by atoms with Crippen LogP contribution in [0.2, 0.25) is 0 Å². The number of hydrogen-bond donors (Lipinski definition) is 0. The molecule has 0 unspecified atom stereocenters. The summed E-state index contributed by atoms with van der Waals surface area (Å²) in [6, 6.07) is 8.36. The van der Waals surface area contributed by atoms with Crippen LogP contribution in [-0.2, 0) is 0 Å². The second kappa shape index (κ2) is 6.97. The van der Waals surface area contributed by atoms with Crippen LogP contribution < -0.4 is 0 Å². The maximum absolute atomic E-state index is 4.87. The summed E-state index contributed by atoms with van der Waals surface area (Å²) >= 11 is 14.6. The number of aryl methyl sites for hydroxylation is 2. The van der Waals surface area contributed by atoms with Gasteiger partial charge >= 0.3 is 0 Å². The molecule has 0 aliphatic rings. The van der Waals surface area contributed by atoms with Gasteiger partial charge in [-0.25, -0.2) is 0 Å². The summed E-state index contributed by atoms with van der Waals surface area (Å²) in [5.74, 6) is -1.20. The van der Waals surface area contributed by atoms with E-state index in [-0.39, 0.29) is 0 Å². The zero-order valence-electron chi connectivity index (χ0n) is 6.89. The summed E-state index contributed by atoms with van der Waals surface area (Å²) in [6.45, 7) is 4.24. The van der Waals surface area contributed by atoms with Crippen molar-refractivity contribution in [2.24, 2.45) is 0 Å². The SMILES string of the molecule is Cc1ccccc1C.ClP(Cl)Cl. The molecule has 0 aliphatic carbocycles. The van der Waals surface area contributed by atoms with Crippen molar-refractivity contribution in [1.82, 2.24) is 0 Å². The van der Waals surface area contributed by atoms with Crippen LogP contribution in [0.3, 0.4) is 0 Å². The monoisotopic (exact) mass is 242 g/mol. The maximum atomic E-state index is 4.87. The quantitative estimate of drug-likeness (QED) is 0.547. The van der Waals surface area contributed by atoms with E-state index in [2.05, 4.69) is 38.1 Å². The molecule has 0 aliphatic heterocycles. The zero-order chi connectivity index (χ0) is 9.56. The average Bonchev–Trinajstić information content (AvgIpc) is 1.94. The first kappa shape index (κ1) is 12.5. The van der Waals surface area contributed by atoms with Crippen molar-refractivity contribution >= 4 is 39.7 Å². The Morgan fingerprint density at radius 1 is 0.917 bits per heavy atom. The van der Waals surface area contributed by atoms with Gasteiger partial charge in [-0.15, -0.1) is 0 Å². The lowest BCUT2D eigenvalue weighted by atomic mass is 10.1. The zero-order valence-corrected chi connectivity index (χ0v) is 10.1. The van der Waals surface area contributed by atoms with Crippen molar-refractivity contribution in [3.05, 3.63) is 35.4 Å². The van der Waals surface area contributed by atoms with Crippen LogP contribution in [0.4, 0.5) is 0 Å². The van der Waals surface area contributed by atoms with Gasteiger partial charge in [0.1, 0.15) is 0 Å². The van der Waals surface area contributed by atoms with E-state index in [1.165, 1.54) is 11.1 Å². The normalized spacial score (nSPS) is 9.17. The molecule has 0 bridgehead atoms. The Bertz CT molecular complexity index is 202. The van der Waals surface area contributed by atoms with E-state index in [1.54, 1.807) is 0 Å². The van der Waals surface area contributed by atoms with Crippen molar-refractivity contribution in [3.63, 3.8) is 0 Å². The molecule has 12 heavy (non-hydrogen) atoms. The van der Waals surface area contributed by atoms with Gasteiger partial charge in [-0.3, -0.25) is 0 Å². The van der Waals surface area contributed by atoms with E-state index < -0.39 is 5.98 Å². The fraction of sp³-hybridized carbons (Fsp3) is 0.250. The molecule has 0 nitrogen and oxygen atoms in total. The number of halogens is 3. The van der Waals surface area contributed by atoms with Gasteiger partial charge in [0, 0.05) is 0 Å². The largest absolute Gasteiger partial charge is 0.179 e. The number of hydrogen-bond acceptors (Lipinski definition) is 0. The van der Waals surface area contributed by atoms with Gasteiger partial charge in [0.2, 0.25) is 0 Å². The lowest BCUT2D eigenvalue weighted by Crippen LogP contribution is -1.74. The van der Waals surface area contributed by atoms with Gasteiger partial charge in [-0.1, -0.05) is 58.0 Å². The predicted octanol–water partition coefficient (Wildman–Crippen LogP) is 5.23. The van der Waals surface area contributed by atoms with E-state index in [4.69, 9.17) is 33.7 Å². The highest BCUT2D eigenvalue weighted by molar-refractivity contribution is 8.20. The first-order chi connectivity index (χ1) is 5.54. The summed E-state index contributed by atoms with van der Waals surface area (Å²) in [5, 5.41) is 0. The molecule has 4 heteroatoms. The van der Waals surface area contributed by atoms with Crippen molar-refractivity contribution in [2.45, 2.75) is 13.8 Å². The second-order valence-electron chi connectivity index (χ2n) is 2.28. The molecule has 0 saturated heterocycles. The molecule has 0 atom stereocenters. The molecule has 1 rings (SSSR count). The molecule has 0 heterocycles. The van der Waals surface area contributed by atoms with Crippen LogP contribution in [0.25, 0.3) is 0 Å². The third-order valence-corrected chi connectivity index (χ3v) is 1.43. The molecule has 0 N–H and O–H groups in total. The maximum Gasteiger partial charge on any atom is 0.179 e. The van der Waals surface area contributed by atoms with E-state index in [1.807, 2.05) is 0 Å². The Balaban J connectivity index is 0.000000261. The lowest BCUT2D eigenvalue weighted by Gasteiger charge is -1.93. The Morgan fingerprint density at radius 3 is 1.33 bits per heavy atom. The topological polar surface area (TPSA) is 0 Å². The minimum atomic E-state index is -1.20. The van der Waals surface area contributed by atoms with Gasteiger partial charge in [-0.2, -0.15) is 0 Å². The van der Waals surface area contributed by atoms with Crippen LogP contribution in [-0.4, -0.2) is 0 Å². The Morgan fingerprint density at radius 2 is 1.17 bits per heavy atom. The molecular weight excluding hydrogens is 233 g/mol. The van der Waals surface area contributed by atoms with E-state index >= 15 is 0 Å². The Labute approximate surface area is 89.0 Å². The van der Waals surface area contributed by atoms with Gasteiger partial charge in [0.15, 0.2) is 5.98 Å². The van der Waals surface area contributed by atoms with Crippen molar-refractivity contribution in [2.75, 3.05) is 0 Å². The summed E-state index contributed by atoms with van der Waals surface area (Å²) in [6.07, 6.45) is 0. The molecule has 0 radical (unpaired) electrons. The molecule has 0 spiro atoms. The van der Waals surface area contributed by atoms with Crippen molar-refractivity contribution in [1.29, 1.82) is 0 Å². The molecule has 1 aromatic rings. The lowest BCUT2D eigenvalue weighted by molar-refractivity contribution is 1.34.